The van der Waals surface area contributed by atoms with Gasteiger partial charge in [0, 0.05) is 22.8 Å². The molecule has 21 heavy (non-hydrogen) atoms. The lowest BCUT2D eigenvalue weighted by Crippen LogP contribution is -2.09. The summed E-state index contributed by atoms with van der Waals surface area (Å²) in [4.78, 5) is 19.4. The van der Waals surface area contributed by atoms with Gasteiger partial charge in [0.1, 0.15) is 11.8 Å². The molecule has 0 radical (unpaired) electrons. The third-order valence-electron chi connectivity index (χ3n) is 3.30. The zero-order chi connectivity index (χ0) is 14.8. The molecule has 0 aliphatic carbocycles. The SMILES string of the molecule is CC(OC(=O)c1ccnc2[nH]ccc12)c1ccc(Cl)cc1. The number of fused-ring (bicyclic) bond motifs is 1. The molecule has 1 aromatic carbocycles. The third kappa shape index (κ3) is 2.76. The van der Waals surface area contributed by atoms with Gasteiger partial charge in [0.25, 0.3) is 0 Å². The molecule has 4 nitrogen and oxygen atoms in total. The quantitative estimate of drug-likeness (QED) is 0.740. The zero-order valence-corrected chi connectivity index (χ0v) is 12.1. The van der Waals surface area contributed by atoms with Crippen LogP contribution in [0.4, 0.5) is 0 Å². The summed E-state index contributed by atoms with van der Waals surface area (Å²) in [6, 6.07) is 10.7. The van der Waals surface area contributed by atoms with Crippen LogP contribution >= 0.6 is 11.6 Å². The van der Waals surface area contributed by atoms with Crippen LogP contribution in [0, 0.1) is 0 Å². The number of rotatable bonds is 3. The highest BCUT2D eigenvalue weighted by atomic mass is 35.5. The highest BCUT2D eigenvalue weighted by Crippen LogP contribution is 2.23. The summed E-state index contributed by atoms with van der Waals surface area (Å²) >= 11 is 5.85. The fourth-order valence-electron chi connectivity index (χ4n) is 2.16. The van der Waals surface area contributed by atoms with Gasteiger partial charge in [-0.25, -0.2) is 9.78 Å². The summed E-state index contributed by atoms with van der Waals surface area (Å²) in [6.45, 7) is 1.83. The van der Waals surface area contributed by atoms with Crippen LogP contribution in [0.3, 0.4) is 0 Å². The van der Waals surface area contributed by atoms with Crippen LogP contribution in [0.2, 0.25) is 5.02 Å². The van der Waals surface area contributed by atoms with Gasteiger partial charge >= 0.3 is 5.97 Å². The molecule has 106 valence electrons. The number of carbonyl (C=O) groups is 1. The predicted octanol–water partition coefficient (Wildman–Crippen LogP) is 4.13. The Bertz CT molecular complexity index is 780. The van der Waals surface area contributed by atoms with Crippen molar-refractivity contribution in [2.24, 2.45) is 0 Å². The van der Waals surface area contributed by atoms with Crippen molar-refractivity contribution in [2.45, 2.75) is 13.0 Å². The molecule has 2 heterocycles. The molecule has 1 N–H and O–H groups in total. The van der Waals surface area contributed by atoms with Crippen LogP contribution in [-0.2, 0) is 4.74 Å². The van der Waals surface area contributed by atoms with E-state index >= 15 is 0 Å². The number of ether oxygens (including phenoxy) is 1. The number of esters is 1. The molecular weight excluding hydrogens is 288 g/mol. The molecule has 0 bridgehead atoms. The number of carbonyl (C=O) groups excluding carboxylic acids is 1. The van der Waals surface area contributed by atoms with Crippen molar-refractivity contribution in [2.75, 3.05) is 0 Å². The maximum absolute atomic E-state index is 12.3. The molecule has 0 aliphatic rings. The Kier molecular flexibility index (Phi) is 3.62. The minimum Gasteiger partial charge on any atom is -0.454 e. The van der Waals surface area contributed by atoms with E-state index in [4.69, 9.17) is 16.3 Å². The minimum absolute atomic E-state index is 0.350. The number of aromatic amines is 1. The summed E-state index contributed by atoms with van der Waals surface area (Å²) in [5.74, 6) is -0.371. The van der Waals surface area contributed by atoms with Crippen molar-refractivity contribution >= 4 is 28.6 Å². The second kappa shape index (κ2) is 5.58. The van der Waals surface area contributed by atoms with E-state index in [0.717, 1.165) is 10.9 Å². The highest BCUT2D eigenvalue weighted by Gasteiger charge is 2.16. The van der Waals surface area contributed by atoms with E-state index in [9.17, 15) is 4.79 Å². The molecule has 0 fully saturated rings. The Hall–Kier alpha value is -2.33. The zero-order valence-electron chi connectivity index (χ0n) is 11.3. The number of benzene rings is 1. The Morgan fingerprint density at radius 2 is 2.00 bits per heavy atom. The molecule has 2 aromatic heterocycles. The predicted molar refractivity (Wildman–Crippen MR) is 81.4 cm³/mol. The van der Waals surface area contributed by atoms with Crippen LogP contribution in [0.25, 0.3) is 11.0 Å². The molecule has 3 aromatic rings. The second-order valence-corrected chi connectivity index (χ2v) is 5.13. The van der Waals surface area contributed by atoms with Gasteiger partial charge in [0.15, 0.2) is 0 Å². The number of halogens is 1. The lowest BCUT2D eigenvalue weighted by Gasteiger charge is -2.14. The van der Waals surface area contributed by atoms with E-state index in [0.29, 0.717) is 16.2 Å². The number of hydrogen-bond acceptors (Lipinski definition) is 3. The molecular formula is C16H13ClN2O2. The number of nitrogens with one attached hydrogen (secondary N) is 1. The van der Waals surface area contributed by atoms with Gasteiger partial charge in [-0.2, -0.15) is 0 Å². The maximum atomic E-state index is 12.3. The molecule has 0 aliphatic heterocycles. The second-order valence-electron chi connectivity index (χ2n) is 4.70. The van der Waals surface area contributed by atoms with E-state index in [1.807, 2.05) is 25.1 Å². The monoisotopic (exact) mass is 300 g/mol. The number of hydrogen-bond donors (Lipinski definition) is 1. The molecule has 1 atom stereocenters. The fraction of sp³-hybridized carbons (Fsp3) is 0.125. The summed E-state index contributed by atoms with van der Waals surface area (Å²) in [7, 11) is 0. The van der Waals surface area contributed by atoms with Crippen molar-refractivity contribution < 1.29 is 9.53 Å². The van der Waals surface area contributed by atoms with Crippen LogP contribution in [0.15, 0.2) is 48.8 Å². The van der Waals surface area contributed by atoms with E-state index in [-0.39, 0.29) is 12.1 Å². The average molecular weight is 301 g/mol. The van der Waals surface area contributed by atoms with Crippen molar-refractivity contribution in [3.8, 4) is 0 Å². The smallest absolute Gasteiger partial charge is 0.339 e. The van der Waals surface area contributed by atoms with Crippen molar-refractivity contribution in [3.05, 3.63) is 64.9 Å². The van der Waals surface area contributed by atoms with E-state index < -0.39 is 0 Å². The third-order valence-corrected chi connectivity index (χ3v) is 3.56. The largest absolute Gasteiger partial charge is 0.454 e. The van der Waals surface area contributed by atoms with E-state index in [1.54, 1.807) is 30.6 Å². The van der Waals surface area contributed by atoms with Crippen molar-refractivity contribution in [3.63, 3.8) is 0 Å². The van der Waals surface area contributed by atoms with Crippen molar-refractivity contribution in [1.82, 2.24) is 9.97 Å². The van der Waals surface area contributed by atoms with E-state index in [2.05, 4.69) is 9.97 Å². The normalized spacial score (nSPS) is 12.3. The summed E-state index contributed by atoms with van der Waals surface area (Å²) < 4.78 is 5.52. The molecule has 0 spiro atoms. The molecule has 0 saturated carbocycles. The standard InChI is InChI=1S/C16H13ClN2O2/c1-10(11-2-4-12(17)5-3-11)21-16(20)14-7-9-19-15-13(14)6-8-18-15/h2-10H,1H3,(H,18,19). The van der Waals surface area contributed by atoms with Gasteiger partial charge in [-0.05, 0) is 36.8 Å². The molecule has 0 saturated heterocycles. The molecule has 3 rings (SSSR count). The molecule has 1 unspecified atom stereocenters. The van der Waals surface area contributed by atoms with Gasteiger partial charge in [0.05, 0.1) is 5.56 Å². The number of aromatic nitrogens is 2. The Balaban J connectivity index is 1.83. The van der Waals surface area contributed by atoms with Gasteiger partial charge in [-0.1, -0.05) is 23.7 Å². The topological polar surface area (TPSA) is 55.0 Å². The summed E-state index contributed by atoms with van der Waals surface area (Å²) in [5.41, 5.74) is 2.07. The Morgan fingerprint density at radius 3 is 2.76 bits per heavy atom. The van der Waals surface area contributed by atoms with Gasteiger partial charge in [-0.15, -0.1) is 0 Å². The van der Waals surface area contributed by atoms with Gasteiger partial charge in [-0.3, -0.25) is 0 Å². The van der Waals surface area contributed by atoms with Crippen LogP contribution in [0.1, 0.15) is 28.9 Å². The number of pyridine rings is 1. The first kappa shape index (κ1) is 13.6. The van der Waals surface area contributed by atoms with Crippen LogP contribution in [-0.4, -0.2) is 15.9 Å². The minimum atomic E-state index is -0.371. The summed E-state index contributed by atoms with van der Waals surface area (Å²) in [6.07, 6.45) is 2.98. The molecule has 5 heteroatoms. The lowest BCUT2D eigenvalue weighted by atomic mass is 10.1. The first-order chi connectivity index (χ1) is 10.1. The Morgan fingerprint density at radius 1 is 1.24 bits per heavy atom. The van der Waals surface area contributed by atoms with Crippen LogP contribution < -0.4 is 0 Å². The van der Waals surface area contributed by atoms with Crippen molar-refractivity contribution in [1.29, 1.82) is 0 Å². The fourth-order valence-corrected chi connectivity index (χ4v) is 2.29. The van der Waals surface area contributed by atoms with Gasteiger partial charge < -0.3 is 9.72 Å². The van der Waals surface area contributed by atoms with E-state index in [1.165, 1.54) is 0 Å². The highest BCUT2D eigenvalue weighted by molar-refractivity contribution is 6.30. The summed E-state index contributed by atoms with van der Waals surface area (Å²) in [5, 5.41) is 1.41. The average Bonchev–Trinajstić information content (AvgIpc) is 2.96. The lowest BCUT2D eigenvalue weighted by molar-refractivity contribution is 0.0340. The Labute approximate surface area is 126 Å². The number of H-pyrrole nitrogens is 1. The number of nitrogens with zero attached hydrogens (tertiary/aromatic N) is 1. The first-order valence-corrected chi connectivity index (χ1v) is 6.91. The molecule has 0 amide bonds. The maximum Gasteiger partial charge on any atom is 0.339 e. The van der Waals surface area contributed by atoms with Gasteiger partial charge in [0.2, 0.25) is 0 Å². The van der Waals surface area contributed by atoms with Crippen LogP contribution in [0.5, 0.6) is 0 Å². The first-order valence-electron chi connectivity index (χ1n) is 6.53.